The van der Waals surface area contributed by atoms with Crippen molar-refractivity contribution in [2.45, 2.75) is 13.3 Å². The summed E-state index contributed by atoms with van der Waals surface area (Å²) in [7, 11) is 0. The molecular weight excluding hydrogens is 191 g/mol. The Morgan fingerprint density at radius 1 is 1.27 bits per heavy atom. The number of nitrogens with two attached hydrogens (primary N) is 2. The number of rotatable bonds is 2. The molecule has 0 heterocycles. The Labute approximate surface area is 79.1 Å². The van der Waals surface area contributed by atoms with Gasteiger partial charge in [0.2, 0.25) is 0 Å². The maximum absolute atomic E-state index is 9.37. The van der Waals surface area contributed by atoms with Crippen LogP contribution in [0.2, 0.25) is 0 Å². The molecule has 72 valence electrons. The number of hydrogen-bond acceptors (Lipinski definition) is 3. The average Bonchev–Trinajstić information content (AvgIpc) is 1.89. The molecule has 0 aliphatic carbocycles. The molecule has 6 heteroatoms. The lowest BCUT2D eigenvalue weighted by Gasteiger charge is -1.72. The first-order chi connectivity index (χ1) is 4.18. The van der Waals surface area contributed by atoms with E-state index in [1.54, 1.807) is 6.92 Å². The van der Waals surface area contributed by atoms with Crippen LogP contribution in [0.4, 0.5) is 0 Å². The van der Waals surface area contributed by atoms with Crippen LogP contribution in [0.1, 0.15) is 13.3 Å². The number of carboxylic acid groups (broad SMARTS) is 1. The predicted octanol–water partition coefficient (Wildman–Crippen LogP) is 0.228. The standard InChI is InChI=1S/C3H6O2.C2H8N2.2ClH/c1-2-3(4)5;3-1-2-4;;/h2H2,1H3,(H,4,5);1-4H2;2*1H. The summed E-state index contributed by atoms with van der Waals surface area (Å²) in [5.74, 6) is -0.745. The van der Waals surface area contributed by atoms with E-state index in [9.17, 15) is 4.79 Å². The third-order valence-electron chi connectivity index (χ3n) is 0.469. The molecule has 0 aromatic heterocycles. The highest BCUT2D eigenvalue weighted by atomic mass is 35.5. The van der Waals surface area contributed by atoms with Crippen LogP contribution in [0.3, 0.4) is 0 Å². The Kier molecular flexibility index (Phi) is 45.9. The first kappa shape index (κ1) is 22.4. The number of carbonyl (C=O) groups is 1. The SMILES string of the molecule is CCC(=O)O.Cl.Cl.NCCN. The normalized spacial score (nSPS) is 6.09. The van der Waals surface area contributed by atoms with Gasteiger partial charge >= 0.3 is 5.97 Å². The summed E-state index contributed by atoms with van der Waals surface area (Å²) in [5.41, 5.74) is 9.81. The Hall–Kier alpha value is -0.0300. The van der Waals surface area contributed by atoms with Crippen LogP contribution in [-0.4, -0.2) is 24.2 Å². The van der Waals surface area contributed by atoms with Crippen molar-refractivity contribution in [2.75, 3.05) is 13.1 Å². The highest BCUT2D eigenvalue weighted by Crippen LogP contribution is 1.67. The maximum Gasteiger partial charge on any atom is 0.303 e. The number of aliphatic carboxylic acids is 1. The molecular formula is C5H16Cl2N2O2. The van der Waals surface area contributed by atoms with Crippen molar-refractivity contribution in [3.8, 4) is 0 Å². The van der Waals surface area contributed by atoms with E-state index in [1.165, 1.54) is 0 Å². The summed E-state index contributed by atoms with van der Waals surface area (Å²) in [6.45, 7) is 2.79. The van der Waals surface area contributed by atoms with Gasteiger partial charge < -0.3 is 16.6 Å². The van der Waals surface area contributed by atoms with Gasteiger partial charge in [-0.15, -0.1) is 24.8 Å². The van der Waals surface area contributed by atoms with Gasteiger partial charge in [0.15, 0.2) is 0 Å². The summed E-state index contributed by atoms with van der Waals surface area (Å²) in [4.78, 5) is 9.37. The van der Waals surface area contributed by atoms with Gasteiger partial charge in [0, 0.05) is 19.5 Å². The van der Waals surface area contributed by atoms with Crippen molar-refractivity contribution < 1.29 is 9.90 Å². The quantitative estimate of drug-likeness (QED) is 0.604. The molecule has 0 aromatic carbocycles. The Morgan fingerprint density at radius 3 is 1.45 bits per heavy atom. The van der Waals surface area contributed by atoms with Crippen LogP contribution in [0.15, 0.2) is 0 Å². The number of hydrogen-bond donors (Lipinski definition) is 3. The van der Waals surface area contributed by atoms with Crippen LogP contribution < -0.4 is 11.5 Å². The molecule has 0 saturated heterocycles. The lowest BCUT2D eigenvalue weighted by molar-refractivity contribution is -0.136. The van der Waals surface area contributed by atoms with E-state index in [2.05, 4.69) is 0 Å². The molecule has 0 amide bonds. The number of halogens is 2. The second-order valence-electron chi connectivity index (χ2n) is 1.32. The topological polar surface area (TPSA) is 89.3 Å². The molecule has 0 aliphatic heterocycles. The summed E-state index contributed by atoms with van der Waals surface area (Å²) in [6, 6.07) is 0. The van der Waals surface area contributed by atoms with Crippen molar-refractivity contribution in [3.63, 3.8) is 0 Å². The summed E-state index contributed by atoms with van der Waals surface area (Å²) in [5, 5.41) is 7.72. The van der Waals surface area contributed by atoms with Gasteiger partial charge in [-0.05, 0) is 0 Å². The fraction of sp³-hybridized carbons (Fsp3) is 0.800. The Balaban J connectivity index is -0.0000000383. The van der Waals surface area contributed by atoms with Crippen molar-refractivity contribution in [3.05, 3.63) is 0 Å². The van der Waals surface area contributed by atoms with Gasteiger partial charge in [0.05, 0.1) is 0 Å². The molecule has 0 saturated carbocycles. The van der Waals surface area contributed by atoms with E-state index >= 15 is 0 Å². The minimum Gasteiger partial charge on any atom is -0.481 e. The maximum atomic E-state index is 9.37. The molecule has 0 aromatic rings. The predicted molar refractivity (Wildman–Crippen MR) is 50.5 cm³/mol. The lowest BCUT2D eigenvalue weighted by atomic mass is 10.5. The Morgan fingerprint density at radius 2 is 1.45 bits per heavy atom. The largest absolute Gasteiger partial charge is 0.481 e. The molecule has 0 aliphatic rings. The van der Waals surface area contributed by atoms with Gasteiger partial charge in [-0.3, -0.25) is 4.79 Å². The van der Waals surface area contributed by atoms with Crippen LogP contribution in [-0.2, 0) is 4.79 Å². The second kappa shape index (κ2) is 22.5. The van der Waals surface area contributed by atoms with Gasteiger partial charge in [-0.1, -0.05) is 6.92 Å². The highest BCUT2D eigenvalue weighted by molar-refractivity contribution is 5.85. The average molecular weight is 207 g/mol. The van der Waals surface area contributed by atoms with Crippen LogP contribution in [0, 0.1) is 0 Å². The highest BCUT2D eigenvalue weighted by Gasteiger charge is 1.80. The van der Waals surface area contributed by atoms with E-state index < -0.39 is 5.97 Å². The second-order valence-corrected chi connectivity index (χ2v) is 1.32. The molecule has 4 nitrogen and oxygen atoms in total. The zero-order valence-electron chi connectivity index (χ0n) is 6.45. The molecule has 0 spiro atoms. The first-order valence-electron chi connectivity index (χ1n) is 2.80. The zero-order chi connectivity index (χ0) is 7.70. The van der Waals surface area contributed by atoms with Crippen molar-refractivity contribution in [1.82, 2.24) is 0 Å². The van der Waals surface area contributed by atoms with Crippen LogP contribution >= 0.6 is 24.8 Å². The van der Waals surface area contributed by atoms with Gasteiger partial charge in [0.1, 0.15) is 0 Å². The summed E-state index contributed by atoms with van der Waals surface area (Å²) in [6.07, 6.45) is 0.222. The third-order valence-corrected chi connectivity index (χ3v) is 0.469. The van der Waals surface area contributed by atoms with Gasteiger partial charge in [0.25, 0.3) is 0 Å². The summed E-state index contributed by atoms with van der Waals surface area (Å²) < 4.78 is 0. The van der Waals surface area contributed by atoms with E-state index in [4.69, 9.17) is 16.6 Å². The molecule has 0 unspecified atom stereocenters. The van der Waals surface area contributed by atoms with Crippen molar-refractivity contribution in [2.24, 2.45) is 11.5 Å². The fourth-order valence-corrected chi connectivity index (χ4v) is 0. The number of carboxylic acids is 1. The van der Waals surface area contributed by atoms with E-state index in [1.807, 2.05) is 0 Å². The van der Waals surface area contributed by atoms with Crippen molar-refractivity contribution in [1.29, 1.82) is 0 Å². The molecule has 11 heavy (non-hydrogen) atoms. The third kappa shape index (κ3) is 71.8. The smallest absolute Gasteiger partial charge is 0.303 e. The van der Waals surface area contributed by atoms with E-state index in [-0.39, 0.29) is 31.2 Å². The monoisotopic (exact) mass is 206 g/mol. The summed E-state index contributed by atoms with van der Waals surface area (Å²) >= 11 is 0. The molecule has 0 atom stereocenters. The molecule has 0 rings (SSSR count). The van der Waals surface area contributed by atoms with Gasteiger partial charge in [-0.2, -0.15) is 0 Å². The molecule has 0 bridgehead atoms. The molecule has 5 N–H and O–H groups in total. The fourth-order valence-electron chi connectivity index (χ4n) is 0. The van der Waals surface area contributed by atoms with Crippen molar-refractivity contribution >= 4 is 30.8 Å². The molecule has 0 fully saturated rings. The van der Waals surface area contributed by atoms with Crippen LogP contribution in [0.25, 0.3) is 0 Å². The zero-order valence-corrected chi connectivity index (χ0v) is 8.08. The molecule has 0 radical (unpaired) electrons. The first-order valence-corrected chi connectivity index (χ1v) is 2.80. The van der Waals surface area contributed by atoms with Crippen LogP contribution in [0.5, 0.6) is 0 Å². The minimum atomic E-state index is -0.745. The van der Waals surface area contributed by atoms with E-state index in [0.29, 0.717) is 13.1 Å². The van der Waals surface area contributed by atoms with E-state index in [0.717, 1.165) is 0 Å². The Bertz CT molecular complexity index is 71.5. The van der Waals surface area contributed by atoms with Gasteiger partial charge in [-0.25, -0.2) is 0 Å². The minimum absolute atomic E-state index is 0. The lowest BCUT2D eigenvalue weighted by Crippen LogP contribution is -2.11.